The van der Waals surface area contributed by atoms with Crippen LogP contribution in [0.15, 0.2) is 30.7 Å². The summed E-state index contributed by atoms with van der Waals surface area (Å²) in [5, 5.41) is 3.52. The van der Waals surface area contributed by atoms with Crippen LogP contribution in [-0.2, 0) is 13.0 Å². The molecule has 0 atom stereocenters. The molecule has 0 amide bonds. The number of benzene rings is 1. The van der Waals surface area contributed by atoms with Crippen molar-refractivity contribution in [3.05, 3.63) is 36.3 Å². The van der Waals surface area contributed by atoms with Crippen molar-refractivity contribution in [1.29, 1.82) is 0 Å². The Hall–Kier alpha value is -1.81. The summed E-state index contributed by atoms with van der Waals surface area (Å²) in [7, 11) is 0. The molecule has 3 rings (SSSR count). The first kappa shape index (κ1) is 14.1. The molecule has 4 heteroatoms. The molecule has 2 heterocycles. The predicted octanol–water partition coefficient (Wildman–Crippen LogP) is 2.86. The van der Waals surface area contributed by atoms with Crippen LogP contribution in [0.4, 0.5) is 5.69 Å². The summed E-state index contributed by atoms with van der Waals surface area (Å²) in [5.74, 6) is 0. The lowest BCUT2D eigenvalue weighted by Crippen LogP contribution is -2.27. The number of anilines is 1. The van der Waals surface area contributed by atoms with Gasteiger partial charge in [-0.3, -0.25) is 0 Å². The molecule has 0 radical (unpaired) electrons. The Kier molecular flexibility index (Phi) is 4.25. The second kappa shape index (κ2) is 6.31. The van der Waals surface area contributed by atoms with E-state index in [0.29, 0.717) is 0 Å². The maximum absolute atomic E-state index is 4.37. The van der Waals surface area contributed by atoms with Crippen molar-refractivity contribution in [2.24, 2.45) is 0 Å². The number of hydrogen-bond donors (Lipinski definition) is 1. The highest BCUT2D eigenvalue weighted by Crippen LogP contribution is 2.34. The van der Waals surface area contributed by atoms with Crippen LogP contribution < -0.4 is 5.32 Å². The van der Waals surface area contributed by atoms with Crippen molar-refractivity contribution in [3.8, 4) is 11.3 Å². The van der Waals surface area contributed by atoms with Gasteiger partial charge in [0.2, 0.25) is 0 Å². The van der Waals surface area contributed by atoms with Crippen LogP contribution in [0, 0.1) is 0 Å². The van der Waals surface area contributed by atoms with Crippen LogP contribution >= 0.6 is 0 Å². The molecular weight excluding hydrogens is 260 g/mol. The van der Waals surface area contributed by atoms with E-state index < -0.39 is 0 Å². The van der Waals surface area contributed by atoms with E-state index in [-0.39, 0.29) is 0 Å². The number of likely N-dealkylation sites (N-methyl/N-ethyl adjacent to an activating group) is 1. The van der Waals surface area contributed by atoms with E-state index >= 15 is 0 Å². The van der Waals surface area contributed by atoms with Crippen LogP contribution in [0.2, 0.25) is 0 Å². The van der Waals surface area contributed by atoms with Crippen molar-refractivity contribution in [1.82, 2.24) is 14.5 Å². The maximum Gasteiger partial charge on any atom is 0.0951 e. The summed E-state index contributed by atoms with van der Waals surface area (Å²) in [5.41, 5.74) is 5.21. The maximum atomic E-state index is 4.37. The minimum absolute atomic E-state index is 0.987. The average Bonchev–Trinajstić information content (AvgIpc) is 3.16. The highest BCUT2D eigenvalue weighted by Gasteiger charge is 2.17. The van der Waals surface area contributed by atoms with E-state index in [9.17, 15) is 0 Å². The summed E-state index contributed by atoms with van der Waals surface area (Å²) in [4.78, 5) is 6.81. The molecule has 21 heavy (non-hydrogen) atoms. The summed E-state index contributed by atoms with van der Waals surface area (Å²) in [6.45, 7) is 9.73. The molecule has 112 valence electrons. The van der Waals surface area contributed by atoms with Crippen molar-refractivity contribution in [2.75, 3.05) is 31.5 Å². The van der Waals surface area contributed by atoms with Gasteiger partial charge in [0, 0.05) is 30.9 Å². The van der Waals surface area contributed by atoms with E-state index in [2.05, 4.69) is 51.8 Å². The second-order valence-electron chi connectivity index (χ2n) is 5.52. The number of aromatic nitrogens is 2. The standard InChI is InChI=1S/C17H24N4/c1-3-20(4-2)10-11-21-13-18-12-16(21)15-7-5-6-14-8-9-19-17(14)15/h5-7,12-13,19H,3-4,8-11H2,1-2H3. The SMILES string of the molecule is CCN(CC)CCn1cncc1-c1cccc2c1NCC2. The van der Waals surface area contributed by atoms with Gasteiger partial charge in [-0.2, -0.15) is 0 Å². The molecule has 0 aliphatic carbocycles. The predicted molar refractivity (Wildman–Crippen MR) is 87.6 cm³/mol. The fourth-order valence-electron chi connectivity index (χ4n) is 3.07. The van der Waals surface area contributed by atoms with Gasteiger partial charge < -0.3 is 14.8 Å². The molecule has 4 nitrogen and oxygen atoms in total. The summed E-state index contributed by atoms with van der Waals surface area (Å²) < 4.78 is 2.27. The smallest absolute Gasteiger partial charge is 0.0951 e. The lowest BCUT2D eigenvalue weighted by Gasteiger charge is -2.19. The fraction of sp³-hybridized carbons (Fsp3) is 0.471. The van der Waals surface area contributed by atoms with Crippen LogP contribution in [0.25, 0.3) is 11.3 Å². The number of hydrogen-bond acceptors (Lipinski definition) is 3. The van der Waals surface area contributed by atoms with Crippen LogP contribution in [0.5, 0.6) is 0 Å². The van der Waals surface area contributed by atoms with Crippen molar-refractivity contribution < 1.29 is 0 Å². The monoisotopic (exact) mass is 284 g/mol. The molecule has 0 fully saturated rings. The molecular formula is C17H24N4. The molecule has 0 spiro atoms. The van der Waals surface area contributed by atoms with Gasteiger partial charge in [0.25, 0.3) is 0 Å². The summed E-state index contributed by atoms with van der Waals surface area (Å²) >= 11 is 0. The largest absolute Gasteiger partial charge is 0.384 e. The number of rotatable bonds is 6. The molecule has 1 aliphatic heterocycles. The summed E-state index contributed by atoms with van der Waals surface area (Å²) in [6, 6.07) is 6.57. The van der Waals surface area contributed by atoms with Gasteiger partial charge in [0.05, 0.1) is 18.2 Å². The Balaban J connectivity index is 1.84. The molecule has 2 aromatic rings. The molecule has 1 aromatic carbocycles. The molecule has 1 aromatic heterocycles. The number of fused-ring (bicyclic) bond motifs is 1. The van der Waals surface area contributed by atoms with Crippen LogP contribution in [0.3, 0.4) is 0 Å². The van der Waals surface area contributed by atoms with Crippen molar-refractivity contribution >= 4 is 5.69 Å². The quantitative estimate of drug-likeness (QED) is 0.885. The molecule has 0 saturated carbocycles. The second-order valence-corrected chi connectivity index (χ2v) is 5.52. The summed E-state index contributed by atoms with van der Waals surface area (Å²) in [6.07, 6.45) is 5.06. The lowest BCUT2D eigenvalue weighted by molar-refractivity contribution is 0.291. The molecule has 1 N–H and O–H groups in total. The normalized spacial score (nSPS) is 13.5. The Morgan fingerprint density at radius 2 is 2.14 bits per heavy atom. The van der Waals surface area contributed by atoms with Crippen LogP contribution in [-0.4, -0.2) is 40.6 Å². The number of imidazole rings is 1. The first-order chi connectivity index (χ1) is 10.3. The van der Waals surface area contributed by atoms with E-state index in [0.717, 1.165) is 39.1 Å². The third kappa shape index (κ3) is 2.81. The highest BCUT2D eigenvalue weighted by atomic mass is 15.1. The molecule has 0 bridgehead atoms. The third-order valence-corrected chi connectivity index (χ3v) is 4.39. The van der Waals surface area contributed by atoms with Gasteiger partial charge >= 0.3 is 0 Å². The van der Waals surface area contributed by atoms with Crippen molar-refractivity contribution in [3.63, 3.8) is 0 Å². The number of nitrogens with zero attached hydrogens (tertiary/aromatic N) is 3. The molecule has 0 saturated heterocycles. The Morgan fingerprint density at radius 1 is 1.29 bits per heavy atom. The Labute approximate surface area is 126 Å². The van der Waals surface area contributed by atoms with Gasteiger partial charge in [0.1, 0.15) is 0 Å². The van der Waals surface area contributed by atoms with E-state index in [4.69, 9.17) is 0 Å². The number of nitrogens with one attached hydrogen (secondary N) is 1. The first-order valence-electron chi connectivity index (χ1n) is 7.92. The van der Waals surface area contributed by atoms with Gasteiger partial charge in [-0.25, -0.2) is 4.98 Å². The van der Waals surface area contributed by atoms with Gasteiger partial charge in [0.15, 0.2) is 0 Å². The zero-order valence-corrected chi connectivity index (χ0v) is 13.0. The van der Waals surface area contributed by atoms with E-state index in [1.54, 1.807) is 0 Å². The first-order valence-corrected chi connectivity index (χ1v) is 7.92. The van der Waals surface area contributed by atoms with Gasteiger partial charge in [-0.1, -0.05) is 32.0 Å². The zero-order chi connectivity index (χ0) is 14.7. The molecule has 0 unspecified atom stereocenters. The highest BCUT2D eigenvalue weighted by molar-refractivity contribution is 5.79. The third-order valence-electron chi connectivity index (χ3n) is 4.39. The minimum atomic E-state index is 0.987. The Bertz CT molecular complexity index is 599. The fourth-order valence-corrected chi connectivity index (χ4v) is 3.07. The van der Waals surface area contributed by atoms with Crippen molar-refractivity contribution in [2.45, 2.75) is 26.8 Å². The van der Waals surface area contributed by atoms with E-state index in [1.165, 1.54) is 22.5 Å². The minimum Gasteiger partial charge on any atom is -0.384 e. The topological polar surface area (TPSA) is 33.1 Å². The zero-order valence-electron chi connectivity index (χ0n) is 13.0. The average molecular weight is 284 g/mol. The van der Waals surface area contributed by atoms with E-state index in [1.807, 2.05) is 12.5 Å². The molecule has 1 aliphatic rings. The lowest BCUT2D eigenvalue weighted by atomic mass is 10.1. The number of para-hydroxylation sites is 1. The Morgan fingerprint density at radius 3 is 2.95 bits per heavy atom. The van der Waals surface area contributed by atoms with Crippen LogP contribution in [0.1, 0.15) is 19.4 Å². The van der Waals surface area contributed by atoms with Gasteiger partial charge in [-0.15, -0.1) is 0 Å². The van der Waals surface area contributed by atoms with Gasteiger partial charge in [-0.05, 0) is 25.1 Å².